The molecule has 2 aliphatic heterocycles. The first-order chi connectivity index (χ1) is 6.84. The maximum atomic E-state index is 5.67. The SMILES string of the molecule is BrC1=NSS2=C1N=C(c1cccs1)O2. The van der Waals surface area contributed by atoms with E-state index in [4.69, 9.17) is 4.18 Å². The van der Waals surface area contributed by atoms with Crippen LogP contribution in [0.15, 0.2) is 26.9 Å². The molecule has 3 heterocycles. The van der Waals surface area contributed by atoms with E-state index in [1.54, 1.807) is 11.3 Å². The molecule has 3 nitrogen and oxygen atoms in total. The van der Waals surface area contributed by atoms with Gasteiger partial charge in [0.1, 0.15) is 9.80 Å². The molecule has 0 aromatic carbocycles. The molecule has 0 N–H and O–H groups in total. The monoisotopic (exact) mass is 306 g/mol. The Morgan fingerprint density at radius 2 is 2.43 bits per heavy atom. The van der Waals surface area contributed by atoms with Crippen molar-refractivity contribution in [2.45, 2.75) is 0 Å². The summed E-state index contributed by atoms with van der Waals surface area (Å²) in [6, 6.07) is 4.00. The third kappa shape index (κ3) is 1.39. The second-order valence-electron chi connectivity index (χ2n) is 2.47. The molecule has 1 unspecified atom stereocenters. The quantitative estimate of drug-likeness (QED) is 0.453. The van der Waals surface area contributed by atoms with Crippen LogP contribution in [0.4, 0.5) is 0 Å². The van der Waals surface area contributed by atoms with Crippen molar-refractivity contribution in [1.82, 2.24) is 0 Å². The molecule has 0 fully saturated rings. The van der Waals surface area contributed by atoms with Gasteiger partial charge in [0.25, 0.3) is 0 Å². The first kappa shape index (κ1) is 9.14. The fourth-order valence-corrected chi connectivity index (χ4v) is 5.42. The molecule has 3 rings (SSSR count). The molecule has 2 aliphatic rings. The first-order valence-electron chi connectivity index (χ1n) is 3.68. The predicted molar refractivity (Wildman–Crippen MR) is 68.5 cm³/mol. The lowest BCUT2D eigenvalue weighted by Crippen LogP contribution is -2.00. The summed E-state index contributed by atoms with van der Waals surface area (Å²) in [6.45, 7) is 0. The molecule has 0 radical (unpaired) electrons. The third-order valence-electron chi connectivity index (χ3n) is 1.61. The van der Waals surface area contributed by atoms with E-state index < -0.39 is 0 Å². The Balaban J connectivity index is 1.97. The Morgan fingerprint density at radius 1 is 1.50 bits per heavy atom. The van der Waals surface area contributed by atoms with Crippen LogP contribution in [0, 0.1) is 0 Å². The highest BCUT2D eigenvalue weighted by atomic mass is 79.9. The van der Waals surface area contributed by atoms with Crippen LogP contribution in [-0.2, 0) is 4.18 Å². The van der Waals surface area contributed by atoms with Crippen LogP contribution >= 0.6 is 48.0 Å². The average Bonchev–Trinajstić information content (AvgIpc) is 2.83. The third-order valence-corrected chi connectivity index (χ3v) is 6.13. The van der Waals surface area contributed by atoms with Crippen LogP contribution in [0.5, 0.6) is 0 Å². The van der Waals surface area contributed by atoms with Crippen molar-refractivity contribution in [2.75, 3.05) is 0 Å². The molecule has 0 aliphatic carbocycles. The summed E-state index contributed by atoms with van der Waals surface area (Å²) in [4.78, 5) is 6.39. The van der Waals surface area contributed by atoms with E-state index in [-0.39, 0.29) is 9.80 Å². The van der Waals surface area contributed by atoms with E-state index in [1.165, 1.54) is 11.0 Å². The highest BCUT2D eigenvalue weighted by Crippen LogP contribution is 2.45. The van der Waals surface area contributed by atoms with Gasteiger partial charge in [0.15, 0.2) is 9.61 Å². The number of hydrogen-bond acceptors (Lipinski definition) is 5. The van der Waals surface area contributed by atoms with Crippen LogP contribution in [0.25, 0.3) is 0 Å². The molecular formula is C7H3BrN2OS3. The summed E-state index contributed by atoms with van der Waals surface area (Å²) in [7, 11) is 1.09. The van der Waals surface area contributed by atoms with Gasteiger partial charge in [-0.15, -0.1) is 11.3 Å². The molecule has 72 valence electrons. The van der Waals surface area contributed by atoms with Crippen molar-refractivity contribution in [1.29, 1.82) is 0 Å². The zero-order valence-corrected chi connectivity index (χ0v) is 10.7. The van der Waals surface area contributed by atoms with E-state index in [2.05, 4.69) is 25.3 Å². The lowest BCUT2D eigenvalue weighted by atomic mass is 10.5. The Labute approximate surface area is 99.1 Å². The van der Waals surface area contributed by atoms with Crippen molar-refractivity contribution in [2.24, 2.45) is 9.39 Å². The van der Waals surface area contributed by atoms with Gasteiger partial charge in [-0.3, -0.25) is 0 Å². The van der Waals surface area contributed by atoms with Crippen molar-refractivity contribution in [3.63, 3.8) is 0 Å². The van der Waals surface area contributed by atoms with Gasteiger partial charge in [-0.05, 0) is 27.4 Å². The number of hydrogen-bond donors (Lipinski definition) is 0. The van der Waals surface area contributed by atoms with Gasteiger partial charge in [0.05, 0.1) is 15.9 Å². The summed E-state index contributed by atoms with van der Waals surface area (Å²) in [5, 5.41) is 2.01. The number of aliphatic imine (C=N–C) groups is 1. The number of halogens is 1. The summed E-state index contributed by atoms with van der Waals surface area (Å²) < 4.78 is 10.6. The second kappa shape index (κ2) is 3.48. The zero-order chi connectivity index (χ0) is 9.54. The molecule has 7 heteroatoms. The normalized spacial score (nSPS) is 24.4. The highest BCUT2D eigenvalue weighted by Gasteiger charge is 2.28. The van der Waals surface area contributed by atoms with Crippen LogP contribution in [0.1, 0.15) is 4.88 Å². The van der Waals surface area contributed by atoms with E-state index in [0.717, 1.165) is 20.4 Å². The molecule has 14 heavy (non-hydrogen) atoms. The van der Waals surface area contributed by atoms with Crippen LogP contribution in [0.3, 0.4) is 0 Å². The lowest BCUT2D eigenvalue weighted by molar-refractivity contribution is 0.664. The van der Waals surface area contributed by atoms with Gasteiger partial charge in [0.2, 0.25) is 5.90 Å². The summed E-state index contributed by atoms with van der Waals surface area (Å²) in [5.74, 6) is 0.720. The van der Waals surface area contributed by atoms with Crippen molar-refractivity contribution in [3.8, 4) is 0 Å². The van der Waals surface area contributed by atoms with Gasteiger partial charge in [-0.1, -0.05) is 6.07 Å². The Hall–Kier alpha value is -0.110. The zero-order valence-electron chi connectivity index (χ0n) is 6.64. The number of rotatable bonds is 1. The Bertz CT molecular complexity index is 477. The van der Waals surface area contributed by atoms with E-state index >= 15 is 0 Å². The van der Waals surface area contributed by atoms with Gasteiger partial charge in [0, 0.05) is 0 Å². The first-order valence-corrected chi connectivity index (χ1v) is 7.79. The lowest BCUT2D eigenvalue weighted by Gasteiger charge is -1.98. The van der Waals surface area contributed by atoms with Gasteiger partial charge in [-0.25, -0.2) is 0 Å². The van der Waals surface area contributed by atoms with E-state index in [9.17, 15) is 0 Å². The Kier molecular flexibility index (Phi) is 2.27. The van der Waals surface area contributed by atoms with Crippen molar-refractivity contribution >= 4 is 63.6 Å². The van der Waals surface area contributed by atoms with Crippen LogP contribution < -0.4 is 0 Å². The van der Waals surface area contributed by atoms with Crippen molar-refractivity contribution < 1.29 is 4.18 Å². The summed E-state index contributed by atoms with van der Waals surface area (Å²) in [5.41, 5.74) is 0. The molecule has 0 saturated carbocycles. The average molecular weight is 307 g/mol. The molecule has 1 atom stereocenters. The topological polar surface area (TPSA) is 34.0 Å². The van der Waals surface area contributed by atoms with E-state index in [0.29, 0.717) is 0 Å². The van der Waals surface area contributed by atoms with Gasteiger partial charge >= 0.3 is 0 Å². The standard InChI is InChI=1S/C7H3BrN2OS3/c8-5-7-9-6(4-2-1-3-12-4)11-14(7)13-10-5/h1-3H. The van der Waals surface area contributed by atoms with Crippen LogP contribution in [0.2, 0.25) is 0 Å². The highest BCUT2D eigenvalue weighted by molar-refractivity contribution is 9.19. The molecule has 0 bridgehead atoms. The minimum atomic E-state index is -0.327. The number of nitrogens with zero attached hydrogens (tertiary/aromatic N) is 2. The smallest absolute Gasteiger partial charge is 0.247 e. The van der Waals surface area contributed by atoms with Gasteiger partial charge < -0.3 is 4.18 Å². The minimum Gasteiger partial charge on any atom is -0.398 e. The fraction of sp³-hybridized carbons (Fsp3) is 0. The van der Waals surface area contributed by atoms with Crippen LogP contribution in [-0.4, -0.2) is 15.5 Å². The van der Waals surface area contributed by atoms with Gasteiger partial charge in [-0.2, -0.15) is 9.39 Å². The van der Waals surface area contributed by atoms with Crippen molar-refractivity contribution in [3.05, 3.63) is 22.4 Å². The molecule has 0 spiro atoms. The maximum absolute atomic E-state index is 5.67. The fourth-order valence-electron chi connectivity index (χ4n) is 1.03. The van der Waals surface area contributed by atoms with E-state index in [1.807, 2.05) is 17.5 Å². The minimum absolute atomic E-state index is 0.327. The number of thiophene rings is 1. The molecule has 1 aromatic rings. The molecule has 1 aromatic heterocycles. The predicted octanol–water partition coefficient (Wildman–Crippen LogP) is 3.21. The second-order valence-corrected chi connectivity index (χ2v) is 6.88. The summed E-state index contributed by atoms with van der Waals surface area (Å²) in [6.07, 6.45) is 0. The Morgan fingerprint density at radius 3 is 3.14 bits per heavy atom. The maximum Gasteiger partial charge on any atom is 0.247 e. The molecule has 0 saturated heterocycles. The molecule has 0 amide bonds. The summed E-state index contributed by atoms with van der Waals surface area (Å²) >= 11 is 4.98. The largest absolute Gasteiger partial charge is 0.398 e. The molecular weight excluding hydrogens is 304 g/mol.